The zero-order valence-electron chi connectivity index (χ0n) is 19.2. The molecule has 4 aliphatic rings. The van der Waals surface area contributed by atoms with Crippen LogP contribution in [0.5, 0.6) is 11.5 Å². The average Bonchev–Trinajstić information content (AvgIpc) is 2.73. The van der Waals surface area contributed by atoms with Gasteiger partial charge in [-0.1, -0.05) is 37.6 Å². The topological polar surface area (TPSA) is 66.0 Å². The SMILES string of the molecule is CCC12CC3CC(c4ccc(C)cc4OC#N)(C1)CC(c1ccc(C)cc1OC#N)(C3)C2. The summed E-state index contributed by atoms with van der Waals surface area (Å²) in [5.41, 5.74) is 4.80. The summed E-state index contributed by atoms with van der Waals surface area (Å²) in [5.74, 6) is 2.06. The number of aryl methyl sites for hydroxylation is 2. The lowest BCUT2D eigenvalue weighted by Crippen LogP contribution is -2.60. The molecule has 0 aromatic heterocycles. The quantitative estimate of drug-likeness (QED) is 0.506. The Bertz CT molecular complexity index is 1070. The molecule has 4 bridgehead atoms. The van der Waals surface area contributed by atoms with Gasteiger partial charge in [-0.25, -0.2) is 0 Å². The lowest BCUT2D eigenvalue weighted by Gasteiger charge is -2.67. The third-order valence-electron chi connectivity index (χ3n) is 8.66. The van der Waals surface area contributed by atoms with Crippen molar-refractivity contribution in [3.8, 4) is 24.0 Å². The van der Waals surface area contributed by atoms with E-state index in [4.69, 9.17) is 9.47 Å². The molecule has 0 spiro atoms. The van der Waals surface area contributed by atoms with Crippen LogP contribution in [0.2, 0.25) is 0 Å². The van der Waals surface area contributed by atoms with Crippen molar-refractivity contribution in [3.05, 3.63) is 58.7 Å². The molecule has 4 aliphatic carbocycles. The van der Waals surface area contributed by atoms with Crippen LogP contribution in [-0.2, 0) is 10.8 Å². The highest BCUT2D eigenvalue weighted by molar-refractivity contribution is 5.50. The number of rotatable bonds is 5. The van der Waals surface area contributed by atoms with Gasteiger partial charge in [0.05, 0.1) is 0 Å². The number of ether oxygens (including phenoxy) is 2. The highest BCUT2D eigenvalue weighted by Gasteiger charge is 2.64. The molecule has 0 amide bonds. The Morgan fingerprint density at radius 3 is 1.75 bits per heavy atom. The third kappa shape index (κ3) is 3.08. The van der Waals surface area contributed by atoms with Crippen molar-refractivity contribution in [3.63, 3.8) is 0 Å². The van der Waals surface area contributed by atoms with Gasteiger partial charge in [0.1, 0.15) is 11.5 Å². The first-order valence-electron chi connectivity index (χ1n) is 11.7. The van der Waals surface area contributed by atoms with Crippen molar-refractivity contribution in [1.29, 1.82) is 10.5 Å². The molecule has 0 saturated heterocycles. The molecule has 4 heteroatoms. The molecule has 0 N–H and O–H groups in total. The van der Waals surface area contributed by atoms with E-state index < -0.39 is 0 Å². The molecular weight excluding hydrogens is 396 g/mol. The molecule has 0 radical (unpaired) electrons. The largest absolute Gasteiger partial charge is 0.388 e. The molecule has 2 aromatic rings. The minimum absolute atomic E-state index is 0.0237. The van der Waals surface area contributed by atoms with Gasteiger partial charge in [0.2, 0.25) is 0 Å². The molecule has 0 aliphatic heterocycles. The van der Waals surface area contributed by atoms with E-state index in [1.807, 2.05) is 38.5 Å². The second kappa shape index (κ2) is 7.28. The summed E-state index contributed by atoms with van der Waals surface area (Å²) >= 11 is 0. The molecular formula is C28H30N2O2. The van der Waals surface area contributed by atoms with E-state index in [0.29, 0.717) is 17.4 Å². The minimum Gasteiger partial charge on any atom is -0.388 e. The lowest BCUT2D eigenvalue weighted by atomic mass is 9.37. The Morgan fingerprint density at radius 1 is 0.812 bits per heavy atom. The van der Waals surface area contributed by atoms with Crippen LogP contribution >= 0.6 is 0 Å². The summed E-state index contributed by atoms with van der Waals surface area (Å²) < 4.78 is 11.1. The van der Waals surface area contributed by atoms with Crippen molar-refractivity contribution in [2.45, 2.75) is 76.5 Å². The first-order valence-corrected chi connectivity index (χ1v) is 11.7. The van der Waals surface area contributed by atoms with Crippen LogP contribution in [0, 0.1) is 48.2 Å². The first kappa shape index (κ1) is 20.9. The Morgan fingerprint density at radius 2 is 1.31 bits per heavy atom. The molecule has 2 unspecified atom stereocenters. The fraction of sp³-hybridized carbons (Fsp3) is 0.500. The van der Waals surface area contributed by atoms with Crippen molar-refractivity contribution in [2.24, 2.45) is 11.3 Å². The van der Waals surface area contributed by atoms with E-state index in [1.165, 1.54) is 17.5 Å². The Balaban J connectivity index is 1.70. The van der Waals surface area contributed by atoms with Crippen molar-refractivity contribution in [1.82, 2.24) is 0 Å². The van der Waals surface area contributed by atoms with E-state index in [2.05, 4.69) is 31.2 Å². The highest BCUT2D eigenvalue weighted by Crippen LogP contribution is 2.72. The van der Waals surface area contributed by atoms with E-state index in [0.717, 1.165) is 49.7 Å². The maximum atomic E-state index is 9.34. The lowest BCUT2D eigenvalue weighted by molar-refractivity contribution is -0.0928. The fourth-order valence-electron chi connectivity index (χ4n) is 8.04. The summed E-state index contributed by atoms with van der Waals surface area (Å²) in [6.45, 7) is 6.42. The van der Waals surface area contributed by atoms with Crippen LogP contribution in [0.25, 0.3) is 0 Å². The maximum Gasteiger partial charge on any atom is 0.292 e. The van der Waals surface area contributed by atoms with Gasteiger partial charge < -0.3 is 9.47 Å². The first-order chi connectivity index (χ1) is 15.4. The average molecular weight is 427 g/mol. The monoisotopic (exact) mass is 426 g/mol. The van der Waals surface area contributed by atoms with Crippen LogP contribution in [-0.4, -0.2) is 0 Å². The normalized spacial score (nSPS) is 32.2. The van der Waals surface area contributed by atoms with Gasteiger partial charge in [-0.05, 0) is 87.0 Å². The number of benzene rings is 2. The fourth-order valence-corrected chi connectivity index (χ4v) is 8.04. The second-order valence-corrected chi connectivity index (χ2v) is 10.8. The van der Waals surface area contributed by atoms with Gasteiger partial charge in [-0.15, -0.1) is 10.5 Å². The van der Waals surface area contributed by atoms with Crippen LogP contribution < -0.4 is 9.47 Å². The van der Waals surface area contributed by atoms with E-state index in [1.54, 1.807) is 0 Å². The Kier molecular flexibility index (Phi) is 4.75. The molecule has 2 atom stereocenters. The summed E-state index contributed by atoms with van der Waals surface area (Å²) in [5, 5.41) is 18.7. The maximum absolute atomic E-state index is 9.34. The van der Waals surface area contributed by atoms with Gasteiger partial charge in [-0.2, -0.15) is 0 Å². The third-order valence-corrected chi connectivity index (χ3v) is 8.66. The zero-order chi connectivity index (χ0) is 22.6. The number of nitrogens with zero attached hydrogens (tertiary/aromatic N) is 2. The summed E-state index contributed by atoms with van der Waals surface area (Å²) in [4.78, 5) is 0. The van der Waals surface area contributed by atoms with E-state index in [-0.39, 0.29) is 16.2 Å². The predicted molar refractivity (Wildman–Crippen MR) is 122 cm³/mol. The van der Waals surface area contributed by atoms with Crippen LogP contribution in [0.1, 0.15) is 74.1 Å². The second-order valence-electron chi connectivity index (χ2n) is 10.8. The standard InChI is InChI=1S/C28H30N2O2/c1-4-26-11-21-12-27(14-26,22-7-5-19(2)9-24(22)31-17-29)16-28(13-21,15-26)23-8-6-20(3)10-25(23)32-18-30/h5-10,21H,4,11-16H2,1-3H3. The number of nitriles is 2. The number of hydrogen-bond donors (Lipinski definition) is 0. The minimum atomic E-state index is -0.0237. The van der Waals surface area contributed by atoms with Gasteiger partial charge >= 0.3 is 0 Å². The molecule has 4 fully saturated rings. The van der Waals surface area contributed by atoms with Crippen LogP contribution in [0.4, 0.5) is 0 Å². The highest BCUT2D eigenvalue weighted by atomic mass is 16.5. The van der Waals surface area contributed by atoms with Crippen molar-refractivity contribution < 1.29 is 9.47 Å². The summed E-state index contributed by atoms with van der Waals surface area (Å²) in [7, 11) is 0. The van der Waals surface area contributed by atoms with Gasteiger partial charge in [0.25, 0.3) is 12.5 Å². The summed E-state index contributed by atoms with van der Waals surface area (Å²) in [6, 6.07) is 12.7. The Labute approximate surface area is 190 Å². The Hall–Kier alpha value is -2.98. The van der Waals surface area contributed by atoms with Crippen LogP contribution in [0.3, 0.4) is 0 Å². The van der Waals surface area contributed by atoms with Gasteiger partial charge in [0, 0.05) is 22.0 Å². The molecule has 2 aromatic carbocycles. The van der Waals surface area contributed by atoms with Crippen molar-refractivity contribution in [2.75, 3.05) is 0 Å². The molecule has 4 nitrogen and oxygen atoms in total. The van der Waals surface area contributed by atoms with Crippen LogP contribution in [0.15, 0.2) is 36.4 Å². The van der Waals surface area contributed by atoms with E-state index >= 15 is 0 Å². The van der Waals surface area contributed by atoms with E-state index in [9.17, 15) is 10.5 Å². The molecule has 0 heterocycles. The molecule has 6 rings (SSSR count). The molecule has 4 saturated carbocycles. The smallest absolute Gasteiger partial charge is 0.292 e. The molecule has 164 valence electrons. The zero-order valence-corrected chi connectivity index (χ0v) is 19.2. The van der Waals surface area contributed by atoms with Gasteiger partial charge in [-0.3, -0.25) is 0 Å². The molecule has 32 heavy (non-hydrogen) atoms. The van der Waals surface area contributed by atoms with Crippen molar-refractivity contribution >= 4 is 0 Å². The summed E-state index contributed by atoms with van der Waals surface area (Å²) in [6.07, 6.45) is 11.8. The number of hydrogen-bond acceptors (Lipinski definition) is 4. The predicted octanol–water partition coefficient (Wildman–Crippen LogP) is 6.59. The van der Waals surface area contributed by atoms with Gasteiger partial charge in [0.15, 0.2) is 0 Å².